The van der Waals surface area contributed by atoms with Gasteiger partial charge in [0, 0.05) is 7.05 Å². The average Bonchev–Trinajstić information content (AvgIpc) is 2.31. The molecule has 13 heavy (non-hydrogen) atoms. The molecule has 0 aromatic carbocycles. The van der Waals surface area contributed by atoms with Gasteiger partial charge in [-0.1, -0.05) is 6.92 Å². The van der Waals surface area contributed by atoms with Gasteiger partial charge in [-0.3, -0.25) is 0 Å². The van der Waals surface area contributed by atoms with Crippen LogP contribution in [0.2, 0.25) is 0 Å². The first-order valence-corrected chi connectivity index (χ1v) is 4.60. The van der Waals surface area contributed by atoms with Crippen LogP contribution in [0.15, 0.2) is 0 Å². The minimum absolute atomic E-state index is 0.0629. The van der Waals surface area contributed by atoms with Gasteiger partial charge in [0.25, 0.3) is 0 Å². The van der Waals surface area contributed by atoms with Crippen molar-refractivity contribution in [1.82, 2.24) is 4.90 Å². The number of likely N-dealkylation sites (N-methyl/N-ethyl adjacent to an activating group) is 1. The van der Waals surface area contributed by atoms with Crippen molar-refractivity contribution < 1.29 is 14.6 Å². The Morgan fingerprint density at radius 3 is 2.69 bits per heavy atom. The summed E-state index contributed by atoms with van der Waals surface area (Å²) in [4.78, 5) is 12.6. The van der Waals surface area contributed by atoms with Crippen molar-refractivity contribution in [2.45, 2.75) is 32.5 Å². The van der Waals surface area contributed by atoms with Gasteiger partial charge in [0.05, 0.1) is 12.6 Å². The van der Waals surface area contributed by atoms with Gasteiger partial charge in [-0.25, -0.2) is 4.79 Å². The molecule has 0 aliphatic carbocycles. The van der Waals surface area contributed by atoms with Gasteiger partial charge in [-0.15, -0.1) is 0 Å². The van der Waals surface area contributed by atoms with Crippen LogP contribution in [0.5, 0.6) is 0 Å². The Hall–Kier alpha value is -0.770. The number of cyclic esters (lactones) is 1. The Morgan fingerprint density at radius 1 is 1.69 bits per heavy atom. The fraction of sp³-hybridized carbons (Fsp3) is 0.889. The van der Waals surface area contributed by atoms with E-state index in [-0.39, 0.29) is 24.2 Å². The third kappa shape index (κ3) is 2.59. The Morgan fingerprint density at radius 2 is 2.31 bits per heavy atom. The van der Waals surface area contributed by atoms with Crippen molar-refractivity contribution in [3.8, 4) is 0 Å². The van der Waals surface area contributed by atoms with Crippen LogP contribution in [-0.4, -0.2) is 41.9 Å². The highest BCUT2D eigenvalue weighted by Crippen LogP contribution is 2.20. The largest absolute Gasteiger partial charge is 0.444 e. The van der Waals surface area contributed by atoms with E-state index >= 15 is 0 Å². The highest BCUT2D eigenvalue weighted by molar-refractivity contribution is 5.69. The maximum atomic E-state index is 11.0. The lowest BCUT2D eigenvalue weighted by atomic mass is 9.98. The second kappa shape index (κ2) is 3.96. The lowest BCUT2D eigenvalue weighted by molar-refractivity contribution is 0.0802. The molecule has 4 nitrogen and oxygen atoms in total. The van der Waals surface area contributed by atoms with E-state index in [9.17, 15) is 4.79 Å². The number of aliphatic hydroxyl groups excluding tert-OH is 1. The lowest BCUT2D eigenvalue weighted by Gasteiger charge is -2.18. The zero-order valence-electron chi connectivity index (χ0n) is 8.36. The molecule has 1 saturated heterocycles. The van der Waals surface area contributed by atoms with E-state index in [2.05, 4.69) is 0 Å². The molecule has 0 radical (unpaired) electrons. The van der Waals surface area contributed by atoms with E-state index in [4.69, 9.17) is 9.84 Å². The predicted octanol–water partition coefficient (Wildman–Crippen LogP) is 0.844. The summed E-state index contributed by atoms with van der Waals surface area (Å²) in [5.41, 5.74) is 0. The normalized spacial score (nSPS) is 27.2. The predicted molar refractivity (Wildman–Crippen MR) is 48.4 cm³/mol. The van der Waals surface area contributed by atoms with Crippen molar-refractivity contribution in [3.05, 3.63) is 0 Å². The van der Waals surface area contributed by atoms with E-state index in [1.165, 1.54) is 0 Å². The number of hydrogen-bond acceptors (Lipinski definition) is 3. The zero-order chi connectivity index (χ0) is 10.0. The number of hydrogen-bond donors (Lipinski definition) is 1. The van der Waals surface area contributed by atoms with Crippen LogP contribution in [0.1, 0.15) is 20.3 Å². The van der Waals surface area contributed by atoms with Crippen LogP contribution in [0.25, 0.3) is 0 Å². The highest BCUT2D eigenvalue weighted by atomic mass is 16.6. The van der Waals surface area contributed by atoms with E-state index in [1.54, 1.807) is 18.9 Å². The molecule has 4 heteroatoms. The van der Waals surface area contributed by atoms with Gasteiger partial charge < -0.3 is 14.7 Å². The summed E-state index contributed by atoms with van der Waals surface area (Å²) >= 11 is 0. The fourth-order valence-electron chi connectivity index (χ4n) is 1.59. The molecule has 1 rings (SSSR count). The summed E-state index contributed by atoms with van der Waals surface area (Å²) in [5.74, 6) is 0.217. The van der Waals surface area contributed by atoms with Crippen molar-refractivity contribution in [1.29, 1.82) is 0 Å². The molecular formula is C9H17NO3. The summed E-state index contributed by atoms with van der Waals surface area (Å²) in [6.45, 7) is 4.37. The Bertz CT molecular complexity index is 193. The molecule has 1 heterocycles. The van der Waals surface area contributed by atoms with Gasteiger partial charge in [0.2, 0.25) is 0 Å². The maximum Gasteiger partial charge on any atom is 0.409 e. The molecule has 3 atom stereocenters. The summed E-state index contributed by atoms with van der Waals surface area (Å²) in [6, 6.07) is 0. The zero-order valence-corrected chi connectivity index (χ0v) is 8.36. The number of rotatable bonds is 3. The molecule has 0 aromatic heterocycles. The second-order valence-electron chi connectivity index (χ2n) is 3.86. The van der Waals surface area contributed by atoms with Gasteiger partial charge in [-0.05, 0) is 19.3 Å². The summed E-state index contributed by atoms with van der Waals surface area (Å²) < 4.78 is 5.11. The topological polar surface area (TPSA) is 49.8 Å². The van der Waals surface area contributed by atoms with Crippen LogP contribution in [0.4, 0.5) is 4.79 Å². The SMILES string of the molecule is CC(O)CC(C)C1CN(C)C(=O)O1. The molecule has 1 aliphatic rings. The van der Waals surface area contributed by atoms with Crippen LogP contribution in [0, 0.1) is 5.92 Å². The van der Waals surface area contributed by atoms with Crippen LogP contribution < -0.4 is 0 Å². The average molecular weight is 187 g/mol. The van der Waals surface area contributed by atoms with Crippen LogP contribution >= 0.6 is 0 Å². The third-order valence-corrected chi connectivity index (χ3v) is 2.37. The molecule has 0 spiro atoms. The molecule has 1 fully saturated rings. The van der Waals surface area contributed by atoms with Crippen molar-refractivity contribution in [2.24, 2.45) is 5.92 Å². The molecular weight excluding hydrogens is 170 g/mol. The monoisotopic (exact) mass is 187 g/mol. The van der Waals surface area contributed by atoms with Crippen molar-refractivity contribution in [2.75, 3.05) is 13.6 Å². The van der Waals surface area contributed by atoms with Crippen LogP contribution in [0.3, 0.4) is 0 Å². The van der Waals surface area contributed by atoms with Crippen molar-refractivity contribution in [3.63, 3.8) is 0 Å². The Balaban J connectivity index is 2.41. The van der Waals surface area contributed by atoms with Gasteiger partial charge in [-0.2, -0.15) is 0 Å². The van der Waals surface area contributed by atoms with Crippen LogP contribution in [-0.2, 0) is 4.74 Å². The number of nitrogens with zero attached hydrogens (tertiary/aromatic N) is 1. The molecule has 0 bridgehead atoms. The Labute approximate surface area is 78.5 Å². The molecule has 76 valence electrons. The molecule has 1 N–H and O–H groups in total. The molecule has 1 aliphatic heterocycles. The van der Waals surface area contributed by atoms with E-state index in [0.29, 0.717) is 13.0 Å². The van der Waals surface area contributed by atoms with E-state index in [1.807, 2.05) is 6.92 Å². The summed E-state index contributed by atoms with van der Waals surface area (Å²) in [6.07, 6.45) is 0.0142. The van der Waals surface area contributed by atoms with Crippen molar-refractivity contribution >= 4 is 6.09 Å². The highest BCUT2D eigenvalue weighted by Gasteiger charge is 2.32. The number of carbonyl (C=O) groups is 1. The number of carbonyl (C=O) groups excluding carboxylic acids is 1. The van der Waals surface area contributed by atoms with Gasteiger partial charge in [0.1, 0.15) is 6.10 Å². The third-order valence-electron chi connectivity index (χ3n) is 2.37. The fourth-order valence-corrected chi connectivity index (χ4v) is 1.59. The summed E-state index contributed by atoms with van der Waals surface area (Å²) in [5, 5.41) is 9.16. The standard InChI is InChI=1S/C9H17NO3/c1-6(4-7(2)11)8-5-10(3)9(12)13-8/h6-8,11H,4-5H2,1-3H3. The minimum atomic E-state index is -0.334. The van der Waals surface area contributed by atoms with E-state index in [0.717, 1.165) is 0 Å². The van der Waals surface area contributed by atoms with Gasteiger partial charge in [0.15, 0.2) is 0 Å². The second-order valence-corrected chi connectivity index (χ2v) is 3.86. The quantitative estimate of drug-likeness (QED) is 0.712. The first-order chi connectivity index (χ1) is 6.00. The molecule has 0 saturated carbocycles. The molecule has 0 aromatic rings. The Kier molecular flexibility index (Phi) is 3.14. The lowest BCUT2D eigenvalue weighted by Crippen LogP contribution is -2.25. The number of ether oxygens (including phenoxy) is 1. The number of aliphatic hydroxyl groups is 1. The van der Waals surface area contributed by atoms with E-state index < -0.39 is 0 Å². The molecule has 3 unspecified atom stereocenters. The number of amides is 1. The first kappa shape index (κ1) is 10.3. The summed E-state index contributed by atoms with van der Waals surface area (Å²) in [7, 11) is 1.72. The smallest absolute Gasteiger partial charge is 0.409 e. The minimum Gasteiger partial charge on any atom is -0.444 e. The molecule has 1 amide bonds. The van der Waals surface area contributed by atoms with Gasteiger partial charge >= 0.3 is 6.09 Å². The first-order valence-electron chi connectivity index (χ1n) is 4.60. The maximum absolute atomic E-state index is 11.0.